The van der Waals surface area contributed by atoms with Crippen molar-refractivity contribution in [1.82, 2.24) is 10.2 Å². The monoisotopic (exact) mass is 542 g/mol. The fourth-order valence-corrected chi connectivity index (χ4v) is 4.89. The first kappa shape index (κ1) is 27.6. The molecule has 0 spiro atoms. The third-order valence-electron chi connectivity index (χ3n) is 7.94. The van der Waals surface area contributed by atoms with Crippen molar-refractivity contribution < 1.29 is 33.2 Å². The van der Waals surface area contributed by atoms with Crippen LogP contribution in [0.2, 0.25) is 0 Å². The Kier molecular flexibility index (Phi) is 7.30. The van der Waals surface area contributed by atoms with E-state index in [2.05, 4.69) is 17.2 Å². The van der Waals surface area contributed by atoms with Crippen LogP contribution < -0.4 is 10.8 Å². The molecule has 3 heterocycles. The standard InChI is InChI=1S/C30H31BN2O7/c1-29(2)30(3,4)40-31(39-29)21-13-11-20(12-14-21)28(37)38-17-6-5-8-19-9-7-10-22-23(19)18-33(27(22)36)24-15-16-25(34)32-26(24)35/h7,9-14,24H,6,15-18H2,1-4H3,(H,32,34,35). The molecule has 2 fully saturated rings. The zero-order valence-electron chi connectivity index (χ0n) is 23.0. The molecule has 2 saturated heterocycles. The van der Waals surface area contributed by atoms with Crippen LogP contribution in [0.5, 0.6) is 0 Å². The Balaban J connectivity index is 1.15. The van der Waals surface area contributed by atoms with Gasteiger partial charge in [0.1, 0.15) is 12.6 Å². The van der Waals surface area contributed by atoms with Crippen molar-refractivity contribution in [3.8, 4) is 11.8 Å². The summed E-state index contributed by atoms with van der Waals surface area (Å²) in [4.78, 5) is 50.7. The van der Waals surface area contributed by atoms with Crippen molar-refractivity contribution in [3.63, 3.8) is 0 Å². The Labute approximate surface area is 233 Å². The Morgan fingerprint density at radius 2 is 1.77 bits per heavy atom. The molecule has 0 saturated carbocycles. The number of benzene rings is 2. The van der Waals surface area contributed by atoms with Gasteiger partial charge in [-0.2, -0.15) is 0 Å². The molecule has 3 aliphatic rings. The third-order valence-corrected chi connectivity index (χ3v) is 7.94. The Hall–Kier alpha value is -3.94. The summed E-state index contributed by atoms with van der Waals surface area (Å²) in [7, 11) is -0.504. The van der Waals surface area contributed by atoms with E-state index in [1.54, 1.807) is 36.4 Å². The van der Waals surface area contributed by atoms with Crippen LogP contribution in [0.3, 0.4) is 0 Å². The highest BCUT2D eigenvalue weighted by Gasteiger charge is 2.51. The molecule has 9 nitrogen and oxygen atoms in total. The van der Waals surface area contributed by atoms with Gasteiger partial charge in [0.15, 0.2) is 0 Å². The summed E-state index contributed by atoms with van der Waals surface area (Å²) in [5.74, 6) is 4.61. The molecule has 5 rings (SSSR count). The molecule has 2 aromatic rings. The van der Waals surface area contributed by atoms with Crippen molar-refractivity contribution in [2.75, 3.05) is 6.61 Å². The molecule has 206 valence electrons. The zero-order chi connectivity index (χ0) is 28.7. The van der Waals surface area contributed by atoms with Crippen LogP contribution in [-0.4, -0.2) is 59.6 Å². The van der Waals surface area contributed by atoms with Crippen LogP contribution in [0.15, 0.2) is 42.5 Å². The van der Waals surface area contributed by atoms with E-state index < -0.39 is 36.2 Å². The Morgan fingerprint density at radius 1 is 1.07 bits per heavy atom. The maximum Gasteiger partial charge on any atom is 0.494 e. The van der Waals surface area contributed by atoms with Gasteiger partial charge in [-0.3, -0.25) is 19.7 Å². The van der Waals surface area contributed by atoms with Gasteiger partial charge in [-0.15, -0.1) is 0 Å². The van der Waals surface area contributed by atoms with Gasteiger partial charge in [0.05, 0.1) is 16.8 Å². The van der Waals surface area contributed by atoms with Gasteiger partial charge in [-0.1, -0.05) is 30.0 Å². The van der Waals surface area contributed by atoms with Crippen LogP contribution >= 0.6 is 0 Å². The molecule has 0 bridgehead atoms. The number of hydrogen-bond acceptors (Lipinski definition) is 7. The van der Waals surface area contributed by atoms with Gasteiger partial charge in [0.25, 0.3) is 5.91 Å². The number of imide groups is 1. The van der Waals surface area contributed by atoms with E-state index in [-0.39, 0.29) is 31.4 Å². The number of nitrogens with one attached hydrogen (secondary N) is 1. The van der Waals surface area contributed by atoms with Crippen LogP contribution in [0.1, 0.15) is 78.8 Å². The zero-order valence-corrected chi connectivity index (χ0v) is 23.0. The molecule has 3 aliphatic heterocycles. The van der Waals surface area contributed by atoms with E-state index in [1.807, 2.05) is 33.8 Å². The molecular formula is C30H31BN2O7. The fourth-order valence-electron chi connectivity index (χ4n) is 4.89. The molecule has 1 unspecified atom stereocenters. The second kappa shape index (κ2) is 10.6. The number of fused-ring (bicyclic) bond motifs is 1. The maximum atomic E-state index is 13.0. The molecule has 40 heavy (non-hydrogen) atoms. The van der Waals surface area contributed by atoms with E-state index in [9.17, 15) is 19.2 Å². The van der Waals surface area contributed by atoms with Crippen LogP contribution in [-0.2, 0) is 30.2 Å². The highest BCUT2D eigenvalue weighted by atomic mass is 16.7. The largest absolute Gasteiger partial charge is 0.494 e. The minimum Gasteiger partial charge on any atom is -0.461 e. The average Bonchev–Trinajstić information content (AvgIpc) is 3.35. The summed E-state index contributed by atoms with van der Waals surface area (Å²) in [6.07, 6.45) is 0.816. The third kappa shape index (κ3) is 5.27. The quantitative estimate of drug-likeness (QED) is 0.203. The van der Waals surface area contributed by atoms with Gasteiger partial charge in [0, 0.05) is 30.5 Å². The Morgan fingerprint density at radius 3 is 2.45 bits per heavy atom. The summed E-state index contributed by atoms with van der Waals surface area (Å²) in [5, 5.41) is 2.31. The van der Waals surface area contributed by atoms with Gasteiger partial charge >= 0.3 is 13.1 Å². The second-order valence-electron chi connectivity index (χ2n) is 11.1. The number of carbonyl (C=O) groups excluding carboxylic acids is 4. The number of ether oxygens (including phenoxy) is 1. The van der Waals surface area contributed by atoms with Crippen molar-refractivity contribution >= 4 is 36.3 Å². The number of piperidine rings is 1. The minimum absolute atomic E-state index is 0.112. The number of carbonyl (C=O) groups is 4. The molecule has 2 aromatic carbocycles. The summed E-state index contributed by atoms with van der Waals surface area (Å²) in [6.45, 7) is 8.32. The van der Waals surface area contributed by atoms with Gasteiger partial charge in [-0.05, 0) is 69.4 Å². The normalized spacial score (nSPS) is 21.0. The highest BCUT2D eigenvalue weighted by Crippen LogP contribution is 2.36. The molecule has 3 amide bonds. The lowest BCUT2D eigenvalue weighted by Crippen LogP contribution is -2.52. The van der Waals surface area contributed by atoms with Crippen molar-refractivity contribution in [2.24, 2.45) is 0 Å². The predicted molar refractivity (Wildman–Crippen MR) is 146 cm³/mol. The SMILES string of the molecule is CC1(C)OB(c2ccc(C(=O)OCCC#Cc3cccc4c3CN(C3CCC(=O)NC3=O)C4=O)cc2)OC1(C)C. The van der Waals surface area contributed by atoms with E-state index >= 15 is 0 Å². The fraction of sp³-hybridized carbons (Fsp3) is 0.400. The van der Waals surface area contributed by atoms with Crippen molar-refractivity contribution in [1.29, 1.82) is 0 Å². The molecule has 10 heteroatoms. The lowest BCUT2D eigenvalue weighted by molar-refractivity contribution is -0.136. The Bertz CT molecular complexity index is 1420. The summed E-state index contributed by atoms with van der Waals surface area (Å²) < 4.78 is 17.5. The first-order chi connectivity index (χ1) is 19.0. The first-order valence-electron chi connectivity index (χ1n) is 13.3. The lowest BCUT2D eigenvalue weighted by Gasteiger charge is -2.32. The topological polar surface area (TPSA) is 111 Å². The molecule has 1 N–H and O–H groups in total. The smallest absolute Gasteiger partial charge is 0.461 e. The van der Waals surface area contributed by atoms with Gasteiger partial charge in [0.2, 0.25) is 11.8 Å². The lowest BCUT2D eigenvalue weighted by atomic mass is 9.79. The van der Waals surface area contributed by atoms with E-state index in [0.29, 0.717) is 29.5 Å². The average molecular weight is 542 g/mol. The van der Waals surface area contributed by atoms with Crippen LogP contribution in [0, 0.1) is 11.8 Å². The van der Waals surface area contributed by atoms with E-state index in [1.165, 1.54) is 4.90 Å². The highest BCUT2D eigenvalue weighted by molar-refractivity contribution is 6.62. The predicted octanol–water partition coefficient (Wildman–Crippen LogP) is 2.35. The van der Waals surface area contributed by atoms with Crippen molar-refractivity contribution in [2.45, 2.75) is 70.7 Å². The maximum absolute atomic E-state index is 13.0. The second-order valence-corrected chi connectivity index (χ2v) is 11.1. The van der Waals surface area contributed by atoms with E-state index in [4.69, 9.17) is 14.0 Å². The molecule has 0 radical (unpaired) electrons. The summed E-state index contributed by atoms with van der Waals surface area (Å²) >= 11 is 0. The van der Waals surface area contributed by atoms with E-state index in [0.717, 1.165) is 11.0 Å². The van der Waals surface area contributed by atoms with Crippen molar-refractivity contribution in [3.05, 3.63) is 64.7 Å². The molecule has 1 atom stereocenters. The summed E-state index contributed by atoms with van der Waals surface area (Å²) in [6, 6.07) is 11.6. The number of nitrogens with zero attached hydrogens (tertiary/aromatic N) is 1. The molecule has 0 aliphatic carbocycles. The van der Waals surface area contributed by atoms with Gasteiger partial charge in [-0.25, -0.2) is 4.79 Å². The van der Waals surface area contributed by atoms with Crippen LogP contribution in [0.25, 0.3) is 0 Å². The number of esters is 1. The van der Waals surface area contributed by atoms with Crippen LogP contribution in [0.4, 0.5) is 0 Å². The molecular weight excluding hydrogens is 511 g/mol. The number of rotatable bonds is 5. The first-order valence-corrected chi connectivity index (χ1v) is 13.3. The number of hydrogen-bond donors (Lipinski definition) is 1. The minimum atomic E-state index is -0.677. The summed E-state index contributed by atoms with van der Waals surface area (Å²) in [5.41, 5.74) is 2.30. The number of amides is 3. The molecule has 0 aromatic heterocycles. The van der Waals surface area contributed by atoms with Gasteiger partial charge < -0.3 is 18.9 Å².